The van der Waals surface area contributed by atoms with Crippen LogP contribution in [0, 0.1) is 6.92 Å². The fourth-order valence-electron chi connectivity index (χ4n) is 1.88. The van der Waals surface area contributed by atoms with Gasteiger partial charge in [-0.15, -0.1) is 0 Å². The van der Waals surface area contributed by atoms with Gasteiger partial charge in [-0.25, -0.2) is 4.98 Å². The van der Waals surface area contributed by atoms with Crippen molar-refractivity contribution < 1.29 is 4.52 Å². The van der Waals surface area contributed by atoms with Crippen LogP contribution in [-0.4, -0.2) is 15.1 Å². The highest BCUT2D eigenvalue weighted by atomic mass is 79.9. The summed E-state index contributed by atoms with van der Waals surface area (Å²) in [6.07, 6.45) is 1.77. The van der Waals surface area contributed by atoms with Crippen molar-refractivity contribution in [3.63, 3.8) is 0 Å². The third-order valence-electron chi connectivity index (χ3n) is 2.73. The SMILES string of the molecule is Cc1noc(CNc2nccc3c(Br)cccc23)n1. The summed E-state index contributed by atoms with van der Waals surface area (Å²) < 4.78 is 6.11. The molecule has 0 unspecified atom stereocenters. The average Bonchev–Trinajstić information content (AvgIpc) is 2.83. The Morgan fingerprint density at radius 1 is 1.26 bits per heavy atom. The molecule has 0 saturated carbocycles. The molecule has 0 radical (unpaired) electrons. The number of halogens is 1. The second kappa shape index (κ2) is 4.97. The van der Waals surface area contributed by atoms with Crippen LogP contribution < -0.4 is 5.32 Å². The van der Waals surface area contributed by atoms with Crippen LogP contribution in [0.4, 0.5) is 5.82 Å². The number of aromatic nitrogens is 3. The van der Waals surface area contributed by atoms with Gasteiger partial charge in [-0.3, -0.25) is 0 Å². The number of benzene rings is 1. The third kappa shape index (κ3) is 2.44. The molecule has 0 bridgehead atoms. The van der Waals surface area contributed by atoms with Gasteiger partial charge < -0.3 is 9.84 Å². The van der Waals surface area contributed by atoms with Gasteiger partial charge >= 0.3 is 0 Å². The second-order valence-electron chi connectivity index (χ2n) is 4.08. The molecule has 5 nitrogen and oxygen atoms in total. The van der Waals surface area contributed by atoms with Crippen molar-refractivity contribution in [2.45, 2.75) is 13.5 Å². The zero-order valence-electron chi connectivity index (χ0n) is 10.2. The van der Waals surface area contributed by atoms with Gasteiger partial charge in [0.25, 0.3) is 0 Å². The molecule has 0 spiro atoms. The molecule has 0 fully saturated rings. The number of nitrogens with one attached hydrogen (secondary N) is 1. The van der Waals surface area contributed by atoms with E-state index in [1.807, 2.05) is 24.3 Å². The van der Waals surface area contributed by atoms with Crippen molar-refractivity contribution in [1.29, 1.82) is 0 Å². The lowest BCUT2D eigenvalue weighted by atomic mass is 10.1. The van der Waals surface area contributed by atoms with E-state index in [4.69, 9.17) is 4.52 Å². The number of aryl methyl sites for hydroxylation is 1. The molecular formula is C13H11BrN4O. The standard InChI is InChI=1S/C13H11BrN4O/c1-8-17-12(19-18-8)7-16-13-10-3-2-4-11(14)9(10)5-6-15-13/h2-6H,7H2,1H3,(H,15,16). The molecule has 0 aliphatic rings. The molecule has 3 aromatic rings. The molecule has 0 amide bonds. The summed E-state index contributed by atoms with van der Waals surface area (Å²) in [6.45, 7) is 2.25. The molecule has 2 heterocycles. The van der Waals surface area contributed by atoms with Crippen LogP contribution in [0.3, 0.4) is 0 Å². The summed E-state index contributed by atoms with van der Waals surface area (Å²) in [5.74, 6) is 1.98. The highest BCUT2D eigenvalue weighted by Crippen LogP contribution is 2.27. The van der Waals surface area contributed by atoms with Crippen molar-refractivity contribution in [3.8, 4) is 0 Å². The van der Waals surface area contributed by atoms with E-state index >= 15 is 0 Å². The normalized spacial score (nSPS) is 10.8. The molecule has 1 N–H and O–H groups in total. The number of anilines is 1. The number of hydrogen-bond donors (Lipinski definition) is 1. The Labute approximate surface area is 118 Å². The van der Waals surface area contributed by atoms with E-state index in [2.05, 4.69) is 36.4 Å². The van der Waals surface area contributed by atoms with Gasteiger partial charge in [0, 0.05) is 21.4 Å². The van der Waals surface area contributed by atoms with Gasteiger partial charge in [-0.1, -0.05) is 33.2 Å². The van der Waals surface area contributed by atoms with Crippen LogP contribution in [-0.2, 0) is 6.54 Å². The van der Waals surface area contributed by atoms with Gasteiger partial charge in [-0.2, -0.15) is 4.98 Å². The molecule has 1 aromatic carbocycles. The Balaban J connectivity index is 1.91. The van der Waals surface area contributed by atoms with E-state index in [0.29, 0.717) is 18.3 Å². The summed E-state index contributed by atoms with van der Waals surface area (Å²) in [4.78, 5) is 8.49. The fraction of sp³-hybridized carbons (Fsp3) is 0.154. The fourth-order valence-corrected chi connectivity index (χ4v) is 2.38. The molecule has 0 aliphatic carbocycles. The van der Waals surface area contributed by atoms with E-state index < -0.39 is 0 Å². The van der Waals surface area contributed by atoms with Gasteiger partial charge in [0.2, 0.25) is 5.89 Å². The van der Waals surface area contributed by atoms with Crippen molar-refractivity contribution in [1.82, 2.24) is 15.1 Å². The lowest BCUT2D eigenvalue weighted by molar-refractivity contribution is 0.379. The predicted molar refractivity (Wildman–Crippen MR) is 75.8 cm³/mol. The molecule has 6 heteroatoms. The molecule has 0 atom stereocenters. The summed E-state index contributed by atoms with van der Waals surface area (Å²) in [7, 11) is 0. The molecule has 2 aromatic heterocycles. The Morgan fingerprint density at radius 2 is 2.16 bits per heavy atom. The first kappa shape index (κ1) is 12.1. The minimum Gasteiger partial charge on any atom is -0.360 e. The van der Waals surface area contributed by atoms with Crippen molar-refractivity contribution in [3.05, 3.63) is 46.7 Å². The topological polar surface area (TPSA) is 63.8 Å². The summed E-state index contributed by atoms with van der Waals surface area (Å²) in [5, 5.41) is 9.13. The summed E-state index contributed by atoms with van der Waals surface area (Å²) in [6, 6.07) is 7.99. The molecule has 19 heavy (non-hydrogen) atoms. The molecule has 3 rings (SSSR count). The lowest BCUT2D eigenvalue weighted by Gasteiger charge is -2.07. The summed E-state index contributed by atoms with van der Waals surface area (Å²) >= 11 is 3.53. The van der Waals surface area contributed by atoms with Crippen LogP contribution >= 0.6 is 15.9 Å². The maximum atomic E-state index is 5.06. The molecule has 0 saturated heterocycles. The maximum absolute atomic E-state index is 5.06. The number of rotatable bonds is 3. The lowest BCUT2D eigenvalue weighted by Crippen LogP contribution is -2.02. The number of fused-ring (bicyclic) bond motifs is 1. The van der Waals surface area contributed by atoms with Crippen LogP contribution in [0.15, 0.2) is 39.5 Å². The summed E-state index contributed by atoms with van der Waals surface area (Å²) in [5.41, 5.74) is 0. The number of hydrogen-bond acceptors (Lipinski definition) is 5. The number of nitrogens with zero attached hydrogens (tertiary/aromatic N) is 3. The zero-order chi connectivity index (χ0) is 13.2. The van der Waals surface area contributed by atoms with E-state index in [9.17, 15) is 0 Å². The van der Waals surface area contributed by atoms with Crippen LogP contribution in [0.2, 0.25) is 0 Å². The van der Waals surface area contributed by atoms with E-state index in [-0.39, 0.29) is 0 Å². The quantitative estimate of drug-likeness (QED) is 0.802. The average molecular weight is 319 g/mol. The van der Waals surface area contributed by atoms with Crippen LogP contribution in [0.1, 0.15) is 11.7 Å². The second-order valence-corrected chi connectivity index (χ2v) is 4.94. The highest BCUT2D eigenvalue weighted by molar-refractivity contribution is 9.10. The Hall–Kier alpha value is -1.95. The maximum Gasteiger partial charge on any atom is 0.245 e. The first-order chi connectivity index (χ1) is 9.24. The van der Waals surface area contributed by atoms with Crippen molar-refractivity contribution >= 4 is 32.5 Å². The molecule has 96 valence electrons. The van der Waals surface area contributed by atoms with E-state index in [1.165, 1.54) is 0 Å². The predicted octanol–water partition coefficient (Wildman–Crippen LogP) is 3.30. The molecule has 0 aliphatic heterocycles. The van der Waals surface area contributed by atoms with E-state index in [1.54, 1.807) is 13.1 Å². The Kier molecular flexibility index (Phi) is 3.16. The smallest absolute Gasteiger partial charge is 0.245 e. The highest BCUT2D eigenvalue weighted by Gasteiger charge is 2.06. The minimum atomic E-state index is 0.458. The number of pyridine rings is 1. The Bertz CT molecular complexity index is 725. The molecular weight excluding hydrogens is 308 g/mol. The first-order valence-electron chi connectivity index (χ1n) is 5.80. The van der Waals surface area contributed by atoms with Gasteiger partial charge in [0.1, 0.15) is 5.82 Å². The van der Waals surface area contributed by atoms with Gasteiger partial charge in [-0.05, 0) is 19.1 Å². The van der Waals surface area contributed by atoms with Crippen molar-refractivity contribution in [2.75, 3.05) is 5.32 Å². The van der Waals surface area contributed by atoms with Crippen LogP contribution in [0.5, 0.6) is 0 Å². The Morgan fingerprint density at radius 3 is 2.95 bits per heavy atom. The van der Waals surface area contributed by atoms with Crippen molar-refractivity contribution in [2.24, 2.45) is 0 Å². The first-order valence-corrected chi connectivity index (χ1v) is 6.59. The third-order valence-corrected chi connectivity index (χ3v) is 3.42. The van der Waals surface area contributed by atoms with Gasteiger partial charge in [0.05, 0.1) is 6.54 Å². The monoisotopic (exact) mass is 318 g/mol. The zero-order valence-corrected chi connectivity index (χ0v) is 11.8. The van der Waals surface area contributed by atoms with Gasteiger partial charge in [0.15, 0.2) is 5.82 Å². The minimum absolute atomic E-state index is 0.458. The van der Waals surface area contributed by atoms with Crippen LogP contribution in [0.25, 0.3) is 10.8 Å². The largest absolute Gasteiger partial charge is 0.360 e. The van der Waals surface area contributed by atoms with E-state index in [0.717, 1.165) is 21.1 Å².